The molecule has 3 N–H and O–H groups in total. The second kappa shape index (κ2) is 8.80. The second-order valence-electron chi connectivity index (χ2n) is 5.36. The summed E-state index contributed by atoms with van der Waals surface area (Å²) in [4.78, 5) is 35.9. The van der Waals surface area contributed by atoms with Crippen molar-refractivity contribution in [3.05, 3.63) is 58.6 Å². The molecule has 0 aliphatic heterocycles. The molecule has 0 saturated heterocycles. The van der Waals surface area contributed by atoms with Crippen molar-refractivity contribution < 1.29 is 37.0 Å². The number of hydrogen-bond acceptors (Lipinski definition) is 6. The first-order valence-corrected chi connectivity index (χ1v) is 8.03. The molecule has 0 fully saturated rings. The molecular weight excluding hydrogens is 419 g/mol. The third-order valence-electron chi connectivity index (χ3n) is 3.41. The molecule has 0 heterocycles. The van der Waals surface area contributed by atoms with E-state index >= 15 is 0 Å². The van der Waals surface area contributed by atoms with E-state index in [0.717, 1.165) is 18.2 Å². The topological polar surface area (TPSA) is 111 Å². The largest absolute Gasteiger partial charge is 0.573 e. The number of anilines is 1. The minimum Gasteiger partial charge on any atom is -0.453 e. The average molecular weight is 432 g/mol. The summed E-state index contributed by atoms with van der Waals surface area (Å²) < 4.78 is 44.8. The molecule has 2 aromatic carbocycles. The van der Waals surface area contributed by atoms with Crippen LogP contribution in [0.3, 0.4) is 0 Å². The van der Waals surface area contributed by atoms with Crippen molar-refractivity contribution in [2.75, 3.05) is 12.4 Å². The summed E-state index contributed by atoms with van der Waals surface area (Å²) in [6.45, 7) is 0. The van der Waals surface area contributed by atoms with Gasteiger partial charge in [-0.25, -0.2) is 15.6 Å². The molecule has 0 aromatic heterocycles. The molecule has 29 heavy (non-hydrogen) atoms. The zero-order valence-corrected chi connectivity index (χ0v) is 15.4. The molecule has 0 bridgehead atoms. The van der Waals surface area contributed by atoms with Crippen molar-refractivity contribution in [1.29, 1.82) is 0 Å². The monoisotopic (exact) mass is 431 g/mol. The van der Waals surface area contributed by atoms with Crippen molar-refractivity contribution in [3.63, 3.8) is 0 Å². The fraction of sp³-hybridized carbons (Fsp3) is 0.118. The maximum atomic E-state index is 12.4. The predicted octanol–water partition coefficient (Wildman–Crippen LogP) is 3.57. The molecule has 12 heteroatoms. The molecule has 0 unspecified atom stereocenters. The highest BCUT2D eigenvalue weighted by Gasteiger charge is 2.31. The summed E-state index contributed by atoms with van der Waals surface area (Å²) >= 11 is 5.82. The molecule has 2 rings (SSSR count). The molecule has 3 amide bonds. The summed E-state index contributed by atoms with van der Waals surface area (Å²) in [7, 11) is 1.18. The van der Waals surface area contributed by atoms with E-state index in [0.29, 0.717) is 5.69 Å². The van der Waals surface area contributed by atoms with E-state index in [1.165, 1.54) is 31.4 Å². The number of methoxy groups -OCH3 is 1. The zero-order chi connectivity index (χ0) is 21.8. The highest BCUT2D eigenvalue weighted by atomic mass is 35.5. The van der Waals surface area contributed by atoms with Crippen molar-refractivity contribution >= 4 is 35.2 Å². The van der Waals surface area contributed by atoms with Crippen LogP contribution in [0.1, 0.15) is 20.7 Å². The van der Waals surface area contributed by atoms with Gasteiger partial charge in [0.1, 0.15) is 5.75 Å². The van der Waals surface area contributed by atoms with Crippen molar-refractivity contribution in [2.24, 2.45) is 5.84 Å². The van der Waals surface area contributed by atoms with Gasteiger partial charge in [0.05, 0.1) is 17.7 Å². The van der Waals surface area contributed by atoms with Crippen LogP contribution in [0.5, 0.6) is 5.75 Å². The van der Waals surface area contributed by atoms with Gasteiger partial charge in [-0.2, -0.15) is 0 Å². The molecule has 2 aromatic rings. The highest BCUT2D eigenvalue weighted by molar-refractivity contribution is 6.34. The van der Waals surface area contributed by atoms with Crippen LogP contribution in [0.2, 0.25) is 5.02 Å². The number of amides is 3. The molecule has 8 nitrogen and oxygen atoms in total. The molecule has 0 radical (unpaired) electrons. The van der Waals surface area contributed by atoms with Crippen molar-refractivity contribution in [1.82, 2.24) is 5.01 Å². The fourth-order valence-corrected chi connectivity index (χ4v) is 2.34. The average Bonchev–Trinajstić information content (AvgIpc) is 2.65. The Morgan fingerprint density at radius 3 is 2.21 bits per heavy atom. The number of hydrogen-bond donors (Lipinski definition) is 2. The molecule has 0 spiro atoms. The summed E-state index contributed by atoms with van der Waals surface area (Å²) in [6.07, 6.45) is -5.65. The lowest BCUT2D eigenvalue weighted by molar-refractivity contribution is -0.274. The SMILES string of the molecule is COC(=O)Nc1ccc(C(=O)N(N)C(=O)c2ccc(OC(F)(F)F)cc2Cl)cc1. The lowest BCUT2D eigenvalue weighted by Crippen LogP contribution is -2.42. The van der Waals surface area contributed by atoms with Gasteiger partial charge in [-0.05, 0) is 42.5 Å². The summed E-state index contributed by atoms with van der Waals surface area (Å²) in [6, 6.07) is 7.91. The van der Waals surface area contributed by atoms with Crippen LogP contribution in [0, 0.1) is 0 Å². The smallest absolute Gasteiger partial charge is 0.453 e. The van der Waals surface area contributed by atoms with Crippen LogP contribution in [0.15, 0.2) is 42.5 Å². The van der Waals surface area contributed by atoms with E-state index in [2.05, 4.69) is 14.8 Å². The molecular formula is C17H13ClF3N3O5. The quantitative estimate of drug-likeness (QED) is 0.331. The number of benzene rings is 2. The Kier molecular flexibility index (Phi) is 6.67. The Balaban J connectivity index is 2.15. The zero-order valence-electron chi connectivity index (χ0n) is 14.6. The number of carbonyl (C=O) groups excluding carboxylic acids is 3. The Morgan fingerprint density at radius 1 is 1.07 bits per heavy atom. The van der Waals surface area contributed by atoms with E-state index in [1.807, 2.05) is 0 Å². The van der Waals surface area contributed by atoms with Gasteiger partial charge in [-0.3, -0.25) is 14.9 Å². The maximum Gasteiger partial charge on any atom is 0.573 e. The van der Waals surface area contributed by atoms with Crippen molar-refractivity contribution in [2.45, 2.75) is 6.36 Å². The van der Waals surface area contributed by atoms with Gasteiger partial charge in [0.25, 0.3) is 11.8 Å². The van der Waals surface area contributed by atoms with Gasteiger partial charge in [0, 0.05) is 11.3 Å². The van der Waals surface area contributed by atoms with Gasteiger partial charge in [0.15, 0.2) is 0 Å². The number of nitrogens with zero attached hydrogens (tertiary/aromatic N) is 1. The molecule has 0 aliphatic carbocycles. The molecule has 0 saturated carbocycles. The number of carbonyl (C=O) groups is 3. The first-order valence-electron chi connectivity index (χ1n) is 7.65. The number of hydrazine groups is 1. The van der Waals surface area contributed by atoms with E-state index in [9.17, 15) is 27.6 Å². The minimum absolute atomic E-state index is 0.00409. The summed E-state index contributed by atoms with van der Waals surface area (Å²) in [5.74, 6) is 2.96. The normalized spacial score (nSPS) is 10.8. The van der Waals surface area contributed by atoms with E-state index < -0.39 is 35.0 Å². The minimum atomic E-state index is -4.93. The van der Waals surface area contributed by atoms with E-state index in [1.54, 1.807) is 0 Å². The van der Waals surface area contributed by atoms with Crippen LogP contribution >= 0.6 is 11.6 Å². The second-order valence-corrected chi connectivity index (χ2v) is 5.77. The first-order chi connectivity index (χ1) is 13.5. The van der Waals surface area contributed by atoms with Crippen molar-refractivity contribution in [3.8, 4) is 5.75 Å². The van der Waals surface area contributed by atoms with Gasteiger partial charge < -0.3 is 9.47 Å². The third-order valence-corrected chi connectivity index (χ3v) is 3.72. The molecule has 0 aliphatic rings. The van der Waals surface area contributed by atoms with Crippen LogP contribution in [-0.4, -0.2) is 36.4 Å². The number of nitrogens with two attached hydrogens (primary N) is 1. The van der Waals surface area contributed by atoms with Gasteiger partial charge in [0.2, 0.25) is 0 Å². The lowest BCUT2D eigenvalue weighted by Gasteiger charge is -2.16. The highest BCUT2D eigenvalue weighted by Crippen LogP contribution is 2.28. The Morgan fingerprint density at radius 2 is 1.69 bits per heavy atom. The van der Waals surface area contributed by atoms with Gasteiger partial charge in [-0.15, -0.1) is 13.2 Å². The number of rotatable bonds is 4. The van der Waals surface area contributed by atoms with E-state index in [-0.39, 0.29) is 16.1 Å². The van der Waals surface area contributed by atoms with Gasteiger partial charge in [-0.1, -0.05) is 11.6 Å². The maximum absolute atomic E-state index is 12.4. The number of halogens is 4. The number of alkyl halides is 3. The number of nitrogens with one attached hydrogen (secondary N) is 1. The van der Waals surface area contributed by atoms with Crippen LogP contribution in [0.25, 0.3) is 0 Å². The van der Waals surface area contributed by atoms with E-state index in [4.69, 9.17) is 17.4 Å². The number of imide groups is 1. The van der Waals surface area contributed by atoms with Gasteiger partial charge >= 0.3 is 12.5 Å². The summed E-state index contributed by atoms with van der Waals surface area (Å²) in [5.41, 5.74) is 0.0250. The van der Waals surface area contributed by atoms with Crippen LogP contribution < -0.4 is 15.9 Å². The fourth-order valence-electron chi connectivity index (χ4n) is 2.09. The third kappa shape index (κ3) is 5.83. The first kappa shape index (κ1) is 22.0. The Bertz CT molecular complexity index is 935. The summed E-state index contributed by atoms with van der Waals surface area (Å²) in [5, 5.41) is 2.24. The Labute approximate surface area is 166 Å². The standard InChI is InChI=1S/C17H13ClF3N3O5/c1-28-16(27)23-10-4-2-9(3-5-10)14(25)24(22)15(26)12-7-6-11(8-13(12)18)29-17(19,20)21/h2-8H,22H2,1H3,(H,23,27). The molecule has 154 valence electrons. The number of ether oxygens (including phenoxy) is 2. The predicted molar refractivity (Wildman–Crippen MR) is 95.3 cm³/mol. The lowest BCUT2D eigenvalue weighted by atomic mass is 10.1. The Hall–Kier alpha value is -3.31. The van der Waals surface area contributed by atoms with Crippen LogP contribution in [-0.2, 0) is 4.74 Å². The van der Waals surface area contributed by atoms with Crippen LogP contribution in [0.4, 0.5) is 23.7 Å². The molecule has 0 atom stereocenters.